The molecule has 0 spiro atoms. The number of nitrogens with one attached hydrogen (secondary N) is 1. The van der Waals surface area contributed by atoms with Gasteiger partial charge in [0.25, 0.3) is 5.56 Å². The molecule has 0 unspecified atom stereocenters. The zero-order valence-corrected chi connectivity index (χ0v) is 16.7. The molecular weight excluding hydrogens is 397 g/mol. The van der Waals surface area contributed by atoms with E-state index in [0.717, 1.165) is 5.56 Å². The maximum Gasteiger partial charge on any atom is 0.253 e. The van der Waals surface area contributed by atoms with Crippen LogP contribution < -0.4 is 15.0 Å². The van der Waals surface area contributed by atoms with Crippen molar-refractivity contribution in [2.45, 2.75) is 18.4 Å². The smallest absolute Gasteiger partial charge is 0.253 e. The molecule has 0 saturated carbocycles. The van der Waals surface area contributed by atoms with Gasteiger partial charge in [-0.15, -0.1) is 0 Å². The lowest BCUT2D eigenvalue weighted by molar-refractivity contribution is 0.402. The number of aryl methyl sites for hydroxylation is 1. The summed E-state index contributed by atoms with van der Waals surface area (Å²) in [5, 5.41) is 0. The largest absolute Gasteiger partial charge is 0.495 e. The molecule has 0 atom stereocenters. The summed E-state index contributed by atoms with van der Waals surface area (Å²) >= 11 is 0. The molecule has 0 fully saturated rings. The normalized spacial score (nSPS) is 11.4. The minimum atomic E-state index is -3.80. The highest BCUT2D eigenvalue weighted by molar-refractivity contribution is 7.89. The summed E-state index contributed by atoms with van der Waals surface area (Å²) in [7, 11) is -2.40. The molecule has 0 aliphatic heterocycles. The lowest BCUT2D eigenvalue weighted by atomic mass is 10.1. The van der Waals surface area contributed by atoms with E-state index in [4.69, 9.17) is 4.74 Å². The summed E-state index contributed by atoms with van der Waals surface area (Å²) < 4.78 is 47.0. The molecule has 3 aromatic rings. The molecule has 9 heteroatoms. The minimum absolute atomic E-state index is 0.00313. The molecule has 7 nitrogen and oxygen atoms in total. The molecule has 0 aliphatic rings. The number of hydrogen-bond donors (Lipinski definition) is 1. The first-order valence-corrected chi connectivity index (χ1v) is 10.3. The van der Waals surface area contributed by atoms with Gasteiger partial charge in [-0.1, -0.05) is 6.07 Å². The van der Waals surface area contributed by atoms with E-state index in [1.54, 1.807) is 12.1 Å². The third-order valence-electron chi connectivity index (χ3n) is 4.27. The fraction of sp³-hybridized carbons (Fsp3) is 0.200. The van der Waals surface area contributed by atoms with Crippen LogP contribution in [0.3, 0.4) is 0 Å². The molecule has 3 rings (SSSR count). The van der Waals surface area contributed by atoms with Crippen LogP contribution in [0.4, 0.5) is 4.39 Å². The average Bonchev–Trinajstić information content (AvgIpc) is 2.69. The molecule has 1 N–H and O–H groups in total. The Balaban J connectivity index is 1.70. The van der Waals surface area contributed by atoms with E-state index in [2.05, 4.69) is 9.71 Å². The van der Waals surface area contributed by atoms with Crippen LogP contribution in [0.1, 0.15) is 5.56 Å². The molecule has 0 radical (unpaired) electrons. The number of aromatic nitrogens is 2. The average molecular weight is 417 g/mol. The van der Waals surface area contributed by atoms with Crippen LogP contribution in [0.2, 0.25) is 0 Å². The topological polar surface area (TPSA) is 90.3 Å². The first kappa shape index (κ1) is 20.7. The van der Waals surface area contributed by atoms with Crippen molar-refractivity contribution < 1.29 is 17.5 Å². The Morgan fingerprint density at radius 3 is 2.52 bits per heavy atom. The number of benzene rings is 2. The second-order valence-corrected chi connectivity index (χ2v) is 8.10. The Kier molecular flexibility index (Phi) is 6.09. The second kappa shape index (κ2) is 8.54. The summed E-state index contributed by atoms with van der Waals surface area (Å²) in [6.07, 6.45) is 1.34. The van der Waals surface area contributed by atoms with Crippen molar-refractivity contribution in [3.63, 3.8) is 0 Å². The van der Waals surface area contributed by atoms with Gasteiger partial charge in [0.1, 0.15) is 16.5 Å². The van der Waals surface area contributed by atoms with Gasteiger partial charge in [-0.25, -0.2) is 22.5 Å². The van der Waals surface area contributed by atoms with Crippen LogP contribution in [-0.4, -0.2) is 31.6 Å². The second-order valence-electron chi connectivity index (χ2n) is 6.36. The Bertz CT molecular complexity index is 1180. The number of rotatable bonds is 7. The molecule has 2 aromatic carbocycles. The number of ether oxygens (including phenoxy) is 1. The molecule has 0 saturated heterocycles. The van der Waals surface area contributed by atoms with Crippen LogP contribution in [0, 0.1) is 12.7 Å². The quantitative estimate of drug-likeness (QED) is 0.637. The lowest BCUT2D eigenvalue weighted by Gasteiger charge is -2.12. The highest BCUT2D eigenvalue weighted by Crippen LogP contribution is 2.24. The van der Waals surface area contributed by atoms with Gasteiger partial charge < -0.3 is 4.74 Å². The van der Waals surface area contributed by atoms with Gasteiger partial charge in [-0.05, 0) is 48.9 Å². The fourth-order valence-electron chi connectivity index (χ4n) is 2.75. The third kappa shape index (κ3) is 4.87. The van der Waals surface area contributed by atoms with Crippen molar-refractivity contribution in [2.75, 3.05) is 13.7 Å². The van der Waals surface area contributed by atoms with Crippen molar-refractivity contribution in [3.05, 3.63) is 76.6 Å². The first-order valence-electron chi connectivity index (χ1n) is 8.77. The van der Waals surface area contributed by atoms with Crippen LogP contribution in [0.5, 0.6) is 5.75 Å². The van der Waals surface area contributed by atoms with E-state index in [0.29, 0.717) is 11.3 Å². The van der Waals surface area contributed by atoms with E-state index in [9.17, 15) is 17.6 Å². The van der Waals surface area contributed by atoms with Crippen molar-refractivity contribution in [1.29, 1.82) is 0 Å². The molecule has 1 aromatic heterocycles. The highest BCUT2D eigenvalue weighted by atomic mass is 32.2. The molecule has 29 heavy (non-hydrogen) atoms. The predicted molar refractivity (Wildman–Crippen MR) is 107 cm³/mol. The van der Waals surface area contributed by atoms with E-state index < -0.39 is 10.0 Å². The Morgan fingerprint density at radius 1 is 1.14 bits per heavy atom. The summed E-state index contributed by atoms with van der Waals surface area (Å²) in [4.78, 5) is 16.5. The van der Waals surface area contributed by atoms with E-state index in [1.807, 2.05) is 6.92 Å². The molecule has 0 bridgehead atoms. The molecule has 0 amide bonds. The minimum Gasteiger partial charge on any atom is -0.495 e. The SMILES string of the molecule is COc1cc(C)ccc1S(=O)(=O)NCCn1cnc(-c2ccc(F)cc2)cc1=O. The van der Waals surface area contributed by atoms with Crippen LogP contribution in [0.25, 0.3) is 11.3 Å². The molecular formula is C20H20FN3O4S. The molecule has 0 aliphatic carbocycles. The Morgan fingerprint density at radius 2 is 1.86 bits per heavy atom. The lowest BCUT2D eigenvalue weighted by Crippen LogP contribution is -2.31. The van der Waals surface area contributed by atoms with E-state index in [1.165, 1.54) is 54.4 Å². The van der Waals surface area contributed by atoms with Crippen LogP contribution >= 0.6 is 0 Å². The van der Waals surface area contributed by atoms with Crippen LogP contribution in [0.15, 0.2) is 64.5 Å². The maximum atomic E-state index is 13.0. The summed E-state index contributed by atoms with van der Waals surface area (Å²) in [6.45, 7) is 1.93. The Labute approximate surface area is 167 Å². The fourth-order valence-corrected chi connectivity index (χ4v) is 3.92. The first-order chi connectivity index (χ1) is 13.8. The molecule has 152 valence electrons. The highest BCUT2D eigenvalue weighted by Gasteiger charge is 2.19. The number of halogens is 1. The van der Waals surface area contributed by atoms with Crippen molar-refractivity contribution in [2.24, 2.45) is 0 Å². The van der Waals surface area contributed by atoms with Crippen LogP contribution in [-0.2, 0) is 16.6 Å². The van der Waals surface area contributed by atoms with Crippen molar-refractivity contribution >= 4 is 10.0 Å². The third-order valence-corrected chi connectivity index (χ3v) is 5.77. The van der Waals surface area contributed by atoms with Gasteiger partial charge in [0.05, 0.1) is 19.1 Å². The van der Waals surface area contributed by atoms with Gasteiger partial charge in [0.15, 0.2) is 0 Å². The maximum absolute atomic E-state index is 13.0. The number of methoxy groups -OCH3 is 1. The molecule has 1 heterocycles. The van der Waals surface area contributed by atoms with Gasteiger partial charge >= 0.3 is 0 Å². The summed E-state index contributed by atoms with van der Waals surface area (Å²) in [5.74, 6) is -0.125. The number of nitrogens with zero attached hydrogens (tertiary/aromatic N) is 2. The predicted octanol–water partition coefficient (Wildman–Crippen LogP) is 2.34. The standard InChI is InChI=1S/C20H20FN3O4S/c1-14-3-8-19(18(11-14)28-2)29(26,27)23-9-10-24-13-22-17(12-20(24)25)15-4-6-16(21)7-5-15/h3-8,11-13,23H,9-10H2,1-2H3. The zero-order valence-electron chi connectivity index (χ0n) is 15.9. The monoisotopic (exact) mass is 417 g/mol. The number of hydrogen-bond acceptors (Lipinski definition) is 5. The van der Waals surface area contributed by atoms with E-state index >= 15 is 0 Å². The van der Waals surface area contributed by atoms with Gasteiger partial charge in [0, 0.05) is 24.7 Å². The van der Waals surface area contributed by atoms with E-state index in [-0.39, 0.29) is 35.1 Å². The van der Waals surface area contributed by atoms with Gasteiger partial charge in [-0.2, -0.15) is 0 Å². The Hall–Kier alpha value is -3.04. The zero-order chi connectivity index (χ0) is 21.0. The van der Waals surface area contributed by atoms with Gasteiger partial charge in [0.2, 0.25) is 10.0 Å². The summed E-state index contributed by atoms with van der Waals surface area (Å²) in [5.41, 5.74) is 1.56. The van der Waals surface area contributed by atoms with Crippen molar-refractivity contribution in [1.82, 2.24) is 14.3 Å². The van der Waals surface area contributed by atoms with Crippen molar-refractivity contribution in [3.8, 4) is 17.0 Å². The summed E-state index contributed by atoms with van der Waals surface area (Å²) in [6, 6.07) is 11.8. The number of sulfonamides is 1. The van der Waals surface area contributed by atoms with Gasteiger partial charge in [-0.3, -0.25) is 9.36 Å².